The van der Waals surface area contributed by atoms with E-state index in [2.05, 4.69) is 19.2 Å². The predicted molar refractivity (Wildman–Crippen MR) is 70.3 cm³/mol. The van der Waals surface area contributed by atoms with Crippen molar-refractivity contribution in [2.75, 3.05) is 6.61 Å². The van der Waals surface area contributed by atoms with Gasteiger partial charge in [-0.2, -0.15) is 0 Å². The molecule has 0 fully saturated rings. The van der Waals surface area contributed by atoms with Crippen LogP contribution in [0.4, 0.5) is 0 Å². The van der Waals surface area contributed by atoms with Gasteiger partial charge in [0.25, 0.3) is 0 Å². The third-order valence-electron chi connectivity index (χ3n) is 2.87. The van der Waals surface area contributed by atoms with Gasteiger partial charge in [-0.05, 0) is 18.4 Å². The van der Waals surface area contributed by atoms with Crippen LogP contribution in [0, 0.1) is 5.92 Å². The molecule has 96 valence electrons. The second-order valence-corrected chi connectivity index (χ2v) is 4.90. The molecule has 4 heteroatoms. The minimum absolute atomic E-state index is 0.133. The summed E-state index contributed by atoms with van der Waals surface area (Å²) in [7, 11) is 0. The number of aliphatic hydroxyl groups is 1. The molecule has 0 saturated carbocycles. The topological polar surface area (TPSA) is 52.5 Å². The Hall–Kier alpha value is -0.770. The fraction of sp³-hybridized carbons (Fsp3) is 0.538. The smallest absolute Gasteiger partial charge is 0.138 e. The first kappa shape index (κ1) is 14.3. The van der Waals surface area contributed by atoms with Gasteiger partial charge in [-0.1, -0.05) is 37.6 Å². The average Bonchev–Trinajstić information content (AvgIpc) is 2.29. The number of hydrogen-bond donors (Lipinski definition) is 3. The summed E-state index contributed by atoms with van der Waals surface area (Å²) in [6.07, 6.45) is 0.707. The molecule has 3 nitrogen and oxygen atoms in total. The molecular formula is C13H20ClNO2. The summed E-state index contributed by atoms with van der Waals surface area (Å²) in [5.74, 6) is 0.566. The van der Waals surface area contributed by atoms with Crippen LogP contribution in [-0.2, 0) is 6.54 Å². The normalized spacial score (nSPS) is 13.0. The van der Waals surface area contributed by atoms with Crippen LogP contribution in [0.3, 0.4) is 0 Å². The molecule has 1 unspecified atom stereocenters. The lowest BCUT2D eigenvalue weighted by atomic mass is 10.0. The molecule has 1 rings (SSSR count). The first-order valence-electron chi connectivity index (χ1n) is 5.86. The zero-order valence-corrected chi connectivity index (χ0v) is 11.0. The van der Waals surface area contributed by atoms with Crippen molar-refractivity contribution in [1.82, 2.24) is 5.32 Å². The molecular weight excluding hydrogens is 238 g/mol. The van der Waals surface area contributed by atoms with E-state index in [9.17, 15) is 5.11 Å². The van der Waals surface area contributed by atoms with Gasteiger partial charge in [-0.25, -0.2) is 0 Å². The molecule has 0 aliphatic carbocycles. The largest absolute Gasteiger partial charge is 0.506 e. The van der Waals surface area contributed by atoms with Crippen molar-refractivity contribution in [2.45, 2.75) is 32.9 Å². The van der Waals surface area contributed by atoms with E-state index in [1.807, 2.05) is 12.1 Å². The van der Waals surface area contributed by atoms with Crippen molar-refractivity contribution < 1.29 is 10.2 Å². The van der Waals surface area contributed by atoms with E-state index < -0.39 is 0 Å². The van der Waals surface area contributed by atoms with Gasteiger partial charge >= 0.3 is 0 Å². The van der Waals surface area contributed by atoms with Crippen LogP contribution in [0.25, 0.3) is 0 Å². The van der Waals surface area contributed by atoms with Gasteiger partial charge in [-0.3, -0.25) is 0 Å². The SMILES string of the molecule is CC(C)C(CCO)NCc1cccc(Cl)c1O. The van der Waals surface area contributed by atoms with Crippen molar-refractivity contribution in [2.24, 2.45) is 5.92 Å². The molecule has 0 radical (unpaired) electrons. The van der Waals surface area contributed by atoms with Crippen LogP contribution in [0.15, 0.2) is 18.2 Å². The molecule has 0 bridgehead atoms. The van der Waals surface area contributed by atoms with Crippen molar-refractivity contribution >= 4 is 11.6 Å². The van der Waals surface area contributed by atoms with Crippen molar-refractivity contribution in [3.63, 3.8) is 0 Å². The minimum atomic E-state index is 0.133. The lowest BCUT2D eigenvalue weighted by Crippen LogP contribution is -2.34. The molecule has 0 aromatic heterocycles. The third kappa shape index (κ3) is 4.19. The summed E-state index contributed by atoms with van der Waals surface area (Å²) in [6.45, 7) is 4.92. The summed E-state index contributed by atoms with van der Waals surface area (Å²) in [4.78, 5) is 0. The molecule has 3 N–H and O–H groups in total. The standard InChI is InChI=1S/C13H20ClNO2/c1-9(2)12(6-7-16)15-8-10-4-3-5-11(14)13(10)17/h3-5,9,12,15-17H,6-8H2,1-2H3. The fourth-order valence-electron chi connectivity index (χ4n) is 1.75. The van der Waals surface area contributed by atoms with Gasteiger partial charge in [0.15, 0.2) is 0 Å². The number of aliphatic hydroxyl groups excluding tert-OH is 1. The Morgan fingerprint density at radius 3 is 2.65 bits per heavy atom. The van der Waals surface area contributed by atoms with Crippen LogP contribution in [0.5, 0.6) is 5.75 Å². The Balaban J connectivity index is 2.62. The van der Waals surface area contributed by atoms with Gasteiger partial charge in [-0.15, -0.1) is 0 Å². The monoisotopic (exact) mass is 257 g/mol. The van der Waals surface area contributed by atoms with Crippen LogP contribution >= 0.6 is 11.6 Å². The molecule has 0 spiro atoms. The number of aromatic hydroxyl groups is 1. The zero-order valence-electron chi connectivity index (χ0n) is 10.3. The third-order valence-corrected chi connectivity index (χ3v) is 3.17. The van der Waals surface area contributed by atoms with Gasteiger partial charge in [0.2, 0.25) is 0 Å². The second kappa shape index (κ2) is 6.84. The number of rotatable bonds is 6. The molecule has 1 atom stereocenters. The van der Waals surface area contributed by atoms with Crippen LogP contribution in [0.2, 0.25) is 5.02 Å². The maximum Gasteiger partial charge on any atom is 0.138 e. The minimum Gasteiger partial charge on any atom is -0.506 e. The average molecular weight is 258 g/mol. The van der Waals surface area contributed by atoms with E-state index in [4.69, 9.17) is 16.7 Å². The highest BCUT2D eigenvalue weighted by molar-refractivity contribution is 6.32. The number of phenolic OH excluding ortho intramolecular Hbond substituents is 1. The van der Waals surface area contributed by atoms with Gasteiger partial charge in [0.1, 0.15) is 5.75 Å². The summed E-state index contributed by atoms with van der Waals surface area (Å²) in [5.41, 5.74) is 0.779. The van der Waals surface area contributed by atoms with Crippen LogP contribution in [-0.4, -0.2) is 22.9 Å². The van der Waals surface area contributed by atoms with Gasteiger partial charge < -0.3 is 15.5 Å². The molecule has 1 aromatic carbocycles. The van der Waals surface area contributed by atoms with Crippen molar-refractivity contribution in [1.29, 1.82) is 0 Å². The maximum atomic E-state index is 9.76. The van der Waals surface area contributed by atoms with E-state index in [-0.39, 0.29) is 18.4 Å². The summed E-state index contributed by atoms with van der Waals surface area (Å²) >= 11 is 5.84. The van der Waals surface area contributed by atoms with E-state index in [0.717, 1.165) is 5.56 Å². The Bertz CT molecular complexity index is 355. The Morgan fingerprint density at radius 2 is 2.06 bits per heavy atom. The highest BCUT2D eigenvalue weighted by Crippen LogP contribution is 2.26. The van der Waals surface area contributed by atoms with Gasteiger partial charge in [0, 0.05) is 24.8 Å². The quantitative estimate of drug-likeness (QED) is 0.734. The molecule has 0 saturated heterocycles. The summed E-state index contributed by atoms with van der Waals surface area (Å²) < 4.78 is 0. The fourth-order valence-corrected chi connectivity index (χ4v) is 1.95. The van der Waals surface area contributed by atoms with Crippen molar-refractivity contribution in [3.05, 3.63) is 28.8 Å². The molecule has 17 heavy (non-hydrogen) atoms. The molecule has 0 aliphatic rings. The Kier molecular flexibility index (Phi) is 5.75. The number of nitrogens with one attached hydrogen (secondary N) is 1. The first-order chi connectivity index (χ1) is 8.06. The van der Waals surface area contributed by atoms with Crippen molar-refractivity contribution in [3.8, 4) is 5.75 Å². The Labute approximate surface area is 107 Å². The maximum absolute atomic E-state index is 9.76. The zero-order chi connectivity index (χ0) is 12.8. The van der Waals surface area contributed by atoms with Crippen LogP contribution < -0.4 is 5.32 Å². The molecule has 1 aromatic rings. The summed E-state index contributed by atoms with van der Waals surface area (Å²) in [5, 5.41) is 22.4. The van der Waals surface area contributed by atoms with Gasteiger partial charge in [0.05, 0.1) is 5.02 Å². The van der Waals surface area contributed by atoms with E-state index in [1.165, 1.54) is 0 Å². The second-order valence-electron chi connectivity index (χ2n) is 4.49. The number of hydrogen-bond acceptors (Lipinski definition) is 3. The number of para-hydroxylation sites is 1. The number of phenols is 1. The summed E-state index contributed by atoms with van der Waals surface area (Å²) in [6, 6.07) is 5.55. The van der Waals surface area contributed by atoms with Crippen LogP contribution in [0.1, 0.15) is 25.8 Å². The highest BCUT2D eigenvalue weighted by Gasteiger charge is 2.13. The first-order valence-corrected chi connectivity index (χ1v) is 6.24. The van der Waals surface area contributed by atoms with E-state index >= 15 is 0 Å². The molecule has 0 aliphatic heterocycles. The lowest BCUT2D eigenvalue weighted by molar-refractivity contribution is 0.243. The number of benzene rings is 1. The highest BCUT2D eigenvalue weighted by atomic mass is 35.5. The lowest BCUT2D eigenvalue weighted by Gasteiger charge is -2.22. The van der Waals surface area contributed by atoms with E-state index in [1.54, 1.807) is 6.07 Å². The van der Waals surface area contributed by atoms with E-state index in [0.29, 0.717) is 23.9 Å². The number of halogens is 1. The predicted octanol–water partition coefficient (Wildman–Crippen LogP) is 2.54. The molecule has 0 heterocycles. The Morgan fingerprint density at radius 1 is 1.35 bits per heavy atom. The molecule has 0 amide bonds.